The molecule has 0 atom stereocenters. The molecule has 1 N–H and O–H groups in total. The molecule has 3 rings (SSSR count). The van der Waals surface area contributed by atoms with Gasteiger partial charge in [-0.3, -0.25) is 14.2 Å². The Kier molecular flexibility index (Phi) is 4.43. The van der Waals surface area contributed by atoms with Crippen molar-refractivity contribution in [3.63, 3.8) is 0 Å². The van der Waals surface area contributed by atoms with Gasteiger partial charge in [0.15, 0.2) is 5.16 Å². The zero-order valence-corrected chi connectivity index (χ0v) is 13.0. The monoisotopic (exact) mass is 326 g/mol. The highest BCUT2D eigenvalue weighted by atomic mass is 32.2. The van der Waals surface area contributed by atoms with Crippen LogP contribution in [0.3, 0.4) is 0 Å². The number of nitrogens with zero attached hydrogens (tertiary/aromatic N) is 2. The molecule has 0 aliphatic rings. The number of carbonyl (C=O) groups is 1. The Morgan fingerprint density at radius 2 is 1.78 bits per heavy atom. The lowest BCUT2D eigenvalue weighted by atomic mass is 10.2. The molecule has 0 spiro atoms. The number of rotatable bonds is 5. The number of benzene rings is 2. The molecule has 0 fully saturated rings. The van der Waals surface area contributed by atoms with Crippen molar-refractivity contribution in [3.05, 3.63) is 65.0 Å². The van der Waals surface area contributed by atoms with E-state index in [1.807, 2.05) is 36.4 Å². The number of carboxylic acids is 1. The molecule has 0 unspecified atom stereocenters. The van der Waals surface area contributed by atoms with Gasteiger partial charge in [0.1, 0.15) is 0 Å². The van der Waals surface area contributed by atoms with Crippen LogP contribution >= 0.6 is 11.8 Å². The molecular weight excluding hydrogens is 312 g/mol. The lowest BCUT2D eigenvalue weighted by Gasteiger charge is -2.12. The Labute approximate surface area is 136 Å². The van der Waals surface area contributed by atoms with Crippen LogP contribution in [-0.4, -0.2) is 26.4 Å². The smallest absolute Gasteiger partial charge is 0.304 e. The van der Waals surface area contributed by atoms with Crippen LogP contribution in [0.4, 0.5) is 0 Å². The second kappa shape index (κ2) is 6.66. The van der Waals surface area contributed by atoms with Crippen molar-refractivity contribution in [2.75, 3.05) is 5.75 Å². The van der Waals surface area contributed by atoms with E-state index in [1.54, 1.807) is 18.2 Å². The van der Waals surface area contributed by atoms with Gasteiger partial charge in [0.25, 0.3) is 5.56 Å². The van der Waals surface area contributed by atoms with Crippen LogP contribution in [0, 0.1) is 0 Å². The van der Waals surface area contributed by atoms with Gasteiger partial charge in [-0.05, 0) is 24.3 Å². The van der Waals surface area contributed by atoms with E-state index in [1.165, 1.54) is 16.3 Å². The van der Waals surface area contributed by atoms with E-state index in [4.69, 9.17) is 5.11 Å². The van der Waals surface area contributed by atoms with Crippen LogP contribution in [0.5, 0.6) is 0 Å². The number of fused-ring (bicyclic) bond motifs is 1. The van der Waals surface area contributed by atoms with Crippen LogP contribution in [0.1, 0.15) is 6.42 Å². The quantitative estimate of drug-likeness (QED) is 0.576. The summed E-state index contributed by atoms with van der Waals surface area (Å²) in [7, 11) is 0. The van der Waals surface area contributed by atoms with Crippen LogP contribution in [-0.2, 0) is 4.79 Å². The van der Waals surface area contributed by atoms with Crippen LogP contribution in [0.25, 0.3) is 16.6 Å². The third-order valence-electron chi connectivity index (χ3n) is 3.31. The predicted octanol–water partition coefficient (Wildman–Crippen LogP) is 2.95. The first-order chi connectivity index (χ1) is 11.2. The normalized spacial score (nSPS) is 10.8. The topological polar surface area (TPSA) is 72.2 Å². The molecule has 23 heavy (non-hydrogen) atoms. The highest BCUT2D eigenvalue weighted by molar-refractivity contribution is 7.99. The molecule has 0 aliphatic heterocycles. The fourth-order valence-electron chi connectivity index (χ4n) is 2.24. The average molecular weight is 326 g/mol. The van der Waals surface area contributed by atoms with Crippen molar-refractivity contribution in [1.82, 2.24) is 9.55 Å². The van der Waals surface area contributed by atoms with Crippen molar-refractivity contribution >= 4 is 28.6 Å². The minimum Gasteiger partial charge on any atom is -0.481 e. The number of carboxylic acid groups (broad SMARTS) is 1. The van der Waals surface area contributed by atoms with E-state index in [-0.39, 0.29) is 12.0 Å². The molecule has 0 aliphatic carbocycles. The summed E-state index contributed by atoms with van der Waals surface area (Å²) < 4.78 is 1.54. The predicted molar refractivity (Wildman–Crippen MR) is 90.3 cm³/mol. The molecule has 3 aromatic rings. The minimum atomic E-state index is -0.869. The second-order valence-corrected chi connectivity index (χ2v) is 5.94. The zero-order chi connectivity index (χ0) is 16.2. The lowest BCUT2D eigenvalue weighted by Crippen LogP contribution is -2.21. The number of hydrogen-bond donors (Lipinski definition) is 1. The van der Waals surface area contributed by atoms with E-state index in [0.717, 1.165) is 0 Å². The van der Waals surface area contributed by atoms with Gasteiger partial charge in [-0.25, -0.2) is 4.98 Å². The molecule has 6 heteroatoms. The summed E-state index contributed by atoms with van der Waals surface area (Å²) in [4.78, 5) is 28.1. The number of hydrogen-bond acceptors (Lipinski definition) is 4. The second-order valence-electron chi connectivity index (χ2n) is 4.88. The summed E-state index contributed by atoms with van der Waals surface area (Å²) in [6, 6.07) is 16.4. The van der Waals surface area contributed by atoms with Crippen LogP contribution in [0.15, 0.2) is 64.5 Å². The Morgan fingerprint density at radius 1 is 1.09 bits per heavy atom. The Bertz CT molecular complexity index is 907. The van der Waals surface area contributed by atoms with E-state index in [2.05, 4.69) is 4.98 Å². The summed E-state index contributed by atoms with van der Waals surface area (Å²) in [6.45, 7) is 0. The summed E-state index contributed by atoms with van der Waals surface area (Å²) in [5.41, 5.74) is 1.18. The number of thioether (sulfide) groups is 1. The molecule has 1 aromatic heterocycles. The lowest BCUT2D eigenvalue weighted by molar-refractivity contribution is -0.136. The molecule has 1 heterocycles. The van der Waals surface area contributed by atoms with Gasteiger partial charge < -0.3 is 5.11 Å². The Balaban J connectivity index is 2.15. The van der Waals surface area contributed by atoms with Gasteiger partial charge in [-0.2, -0.15) is 0 Å². The number of aliphatic carboxylic acids is 1. The summed E-state index contributed by atoms with van der Waals surface area (Å²) >= 11 is 1.27. The number of aromatic nitrogens is 2. The van der Waals surface area contributed by atoms with Crippen molar-refractivity contribution in [2.24, 2.45) is 0 Å². The van der Waals surface area contributed by atoms with Crippen LogP contribution in [0.2, 0.25) is 0 Å². The van der Waals surface area contributed by atoms with Crippen molar-refractivity contribution < 1.29 is 9.90 Å². The summed E-state index contributed by atoms with van der Waals surface area (Å²) in [6.07, 6.45) is 0.0160. The first-order valence-electron chi connectivity index (χ1n) is 7.08. The van der Waals surface area contributed by atoms with Gasteiger partial charge in [0.2, 0.25) is 0 Å². The highest BCUT2D eigenvalue weighted by Gasteiger charge is 2.13. The fraction of sp³-hybridized carbons (Fsp3) is 0.118. The molecule has 0 amide bonds. The third kappa shape index (κ3) is 3.27. The van der Waals surface area contributed by atoms with E-state index in [9.17, 15) is 9.59 Å². The Hall–Kier alpha value is -2.60. The van der Waals surface area contributed by atoms with E-state index in [0.29, 0.717) is 27.5 Å². The first kappa shape index (κ1) is 15.3. The Morgan fingerprint density at radius 3 is 2.52 bits per heavy atom. The van der Waals surface area contributed by atoms with Crippen LogP contribution < -0.4 is 5.56 Å². The van der Waals surface area contributed by atoms with Gasteiger partial charge in [0, 0.05) is 5.75 Å². The SMILES string of the molecule is O=C(O)CCSc1nc2ccccc2c(=O)n1-c1ccccc1. The van der Waals surface area contributed by atoms with Crippen molar-refractivity contribution in [1.29, 1.82) is 0 Å². The van der Waals surface area contributed by atoms with E-state index >= 15 is 0 Å². The standard InChI is InChI=1S/C17H14N2O3S/c20-15(21)10-11-23-17-18-14-9-5-4-8-13(14)16(22)19(17)12-6-2-1-3-7-12/h1-9H,10-11H2,(H,20,21). The zero-order valence-electron chi connectivity index (χ0n) is 12.2. The van der Waals surface area contributed by atoms with Gasteiger partial charge in [-0.1, -0.05) is 42.1 Å². The number of para-hydroxylation sites is 2. The van der Waals surface area contributed by atoms with Gasteiger partial charge >= 0.3 is 5.97 Å². The summed E-state index contributed by atoms with van der Waals surface area (Å²) in [5, 5.41) is 9.84. The largest absolute Gasteiger partial charge is 0.481 e. The van der Waals surface area contributed by atoms with Crippen molar-refractivity contribution in [2.45, 2.75) is 11.6 Å². The fourth-order valence-corrected chi connectivity index (χ4v) is 3.18. The maximum atomic E-state index is 12.8. The third-order valence-corrected chi connectivity index (χ3v) is 4.25. The molecule has 0 saturated carbocycles. The molecule has 2 aromatic carbocycles. The van der Waals surface area contributed by atoms with E-state index < -0.39 is 5.97 Å². The molecule has 0 saturated heterocycles. The highest BCUT2D eigenvalue weighted by Crippen LogP contribution is 2.21. The van der Waals surface area contributed by atoms with Crippen molar-refractivity contribution in [3.8, 4) is 5.69 Å². The molecule has 5 nitrogen and oxygen atoms in total. The maximum absolute atomic E-state index is 12.8. The molecule has 0 bridgehead atoms. The minimum absolute atomic E-state index is 0.0160. The van der Waals surface area contributed by atoms with Gasteiger partial charge in [-0.15, -0.1) is 0 Å². The summed E-state index contributed by atoms with van der Waals surface area (Å²) in [5.74, 6) is -0.514. The average Bonchev–Trinajstić information content (AvgIpc) is 2.55. The maximum Gasteiger partial charge on any atom is 0.304 e. The molecular formula is C17H14N2O3S. The first-order valence-corrected chi connectivity index (χ1v) is 8.07. The van der Waals surface area contributed by atoms with Gasteiger partial charge in [0.05, 0.1) is 23.0 Å². The molecule has 0 radical (unpaired) electrons. The molecule has 116 valence electrons.